The van der Waals surface area contributed by atoms with Crippen LogP contribution in [0.4, 0.5) is 16.0 Å². The molecule has 0 spiro atoms. The van der Waals surface area contributed by atoms with Gasteiger partial charge in [0.05, 0.1) is 6.61 Å². The van der Waals surface area contributed by atoms with Gasteiger partial charge in [0.15, 0.2) is 11.3 Å². The van der Waals surface area contributed by atoms with Crippen molar-refractivity contribution in [2.45, 2.75) is 6.92 Å². The number of para-hydroxylation sites is 1. The maximum atomic E-state index is 13.1. The Morgan fingerprint density at radius 2 is 1.70 bits per heavy atom. The lowest BCUT2D eigenvalue weighted by Gasteiger charge is -2.09. The molecule has 7 nitrogen and oxygen atoms in total. The molecule has 0 unspecified atom stereocenters. The highest BCUT2D eigenvalue weighted by atomic mass is 19.1. The maximum absolute atomic E-state index is 13.1. The van der Waals surface area contributed by atoms with Crippen LogP contribution in [0.5, 0.6) is 5.88 Å². The summed E-state index contributed by atoms with van der Waals surface area (Å²) >= 11 is 0. The molecule has 27 heavy (non-hydrogen) atoms. The molecule has 0 aliphatic heterocycles. The number of benzene rings is 2. The van der Waals surface area contributed by atoms with Gasteiger partial charge in [0.2, 0.25) is 17.5 Å². The monoisotopic (exact) mass is 362 g/mol. The molecule has 0 radical (unpaired) electrons. The number of fused-ring (bicyclic) bond motifs is 1. The van der Waals surface area contributed by atoms with Gasteiger partial charge in [-0.25, -0.2) is 9.37 Å². The number of hydrogen-bond donors (Lipinski definition) is 1. The number of aromatic nitrogens is 5. The van der Waals surface area contributed by atoms with Crippen molar-refractivity contribution in [2.75, 3.05) is 11.9 Å². The molecule has 0 aliphatic carbocycles. The second-order valence-electron chi connectivity index (χ2n) is 5.59. The van der Waals surface area contributed by atoms with Gasteiger partial charge in [-0.05, 0) is 43.3 Å². The molecule has 0 bridgehead atoms. The number of nitrogens with one attached hydrogen (secondary N) is 1. The number of anilines is 2. The van der Waals surface area contributed by atoms with Crippen LogP contribution in [-0.4, -0.2) is 31.8 Å². The number of halogens is 1. The van der Waals surface area contributed by atoms with Crippen molar-refractivity contribution in [3.8, 4) is 17.3 Å². The molecular formula is C19H15FN6O. The van der Waals surface area contributed by atoms with Gasteiger partial charge in [0.25, 0.3) is 0 Å². The molecule has 1 N–H and O–H groups in total. The topological polar surface area (TPSA) is 85.7 Å². The van der Waals surface area contributed by atoms with E-state index in [4.69, 9.17) is 4.74 Å². The predicted molar refractivity (Wildman–Crippen MR) is 99.2 cm³/mol. The number of ether oxygens (including phenoxy) is 1. The third-order valence-electron chi connectivity index (χ3n) is 3.70. The summed E-state index contributed by atoms with van der Waals surface area (Å²) < 4.78 is 18.8. The molecule has 134 valence electrons. The van der Waals surface area contributed by atoms with E-state index in [1.807, 2.05) is 37.3 Å². The minimum Gasteiger partial charge on any atom is -0.476 e. The molecule has 0 atom stereocenters. The summed E-state index contributed by atoms with van der Waals surface area (Å²) in [4.78, 5) is 13.2. The fourth-order valence-corrected chi connectivity index (χ4v) is 2.48. The minimum atomic E-state index is -0.331. The van der Waals surface area contributed by atoms with Crippen molar-refractivity contribution in [1.29, 1.82) is 0 Å². The lowest BCUT2D eigenvalue weighted by molar-refractivity contribution is 0.330. The molecule has 4 aromatic rings. The molecule has 0 amide bonds. The number of hydrogen-bond acceptors (Lipinski definition) is 7. The fraction of sp³-hybridized carbons (Fsp3) is 0.105. The first kappa shape index (κ1) is 16.8. The van der Waals surface area contributed by atoms with E-state index >= 15 is 0 Å². The van der Waals surface area contributed by atoms with Crippen molar-refractivity contribution < 1.29 is 9.13 Å². The zero-order chi connectivity index (χ0) is 18.6. The summed E-state index contributed by atoms with van der Waals surface area (Å²) in [6, 6.07) is 15.4. The Kier molecular flexibility index (Phi) is 4.52. The average molecular weight is 362 g/mol. The van der Waals surface area contributed by atoms with E-state index in [0.29, 0.717) is 41.0 Å². The van der Waals surface area contributed by atoms with E-state index in [2.05, 4.69) is 30.5 Å². The Balaban J connectivity index is 1.77. The third-order valence-corrected chi connectivity index (χ3v) is 3.70. The quantitative estimate of drug-likeness (QED) is 0.578. The Hall–Kier alpha value is -3.68. The first-order chi connectivity index (χ1) is 13.2. The van der Waals surface area contributed by atoms with Crippen LogP contribution >= 0.6 is 0 Å². The minimum absolute atomic E-state index is 0.303. The first-order valence-corrected chi connectivity index (χ1v) is 8.36. The van der Waals surface area contributed by atoms with E-state index in [9.17, 15) is 4.39 Å². The summed E-state index contributed by atoms with van der Waals surface area (Å²) in [5, 5.41) is 11.4. The molecular weight excluding hydrogens is 347 g/mol. The average Bonchev–Trinajstić information content (AvgIpc) is 2.69. The zero-order valence-electron chi connectivity index (χ0n) is 14.4. The number of rotatable bonds is 5. The molecule has 2 aromatic carbocycles. The van der Waals surface area contributed by atoms with E-state index < -0.39 is 0 Å². The third kappa shape index (κ3) is 3.64. The largest absolute Gasteiger partial charge is 0.476 e. The Morgan fingerprint density at radius 3 is 2.44 bits per heavy atom. The molecule has 0 saturated heterocycles. The van der Waals surface area contributed by atoms with E-state index in [0.717, 1.165) is 5.69 Å². The van der Waals surface area contributed by atoms with Gasteiger partial charge in [-0.1, -0.05) is 18.2 Å². The van der Waals surface area contributed by atoms with Gasteiger partial charge >= 0.3 is 0 Å². The van der Waals surface area contributed by atoms with Crippen molar-refractivity contribution >= 4 is 22.8 Å². The van der Waals surface area contributed by atoms with E-state index in [1.165, 1.54) is 12.1 Å². The summed E-state index contributed by atoms with van der Waals surface area (Å²) in [6.45, 7) is 2.26. The molecule has 8 heteroatoms. The highest BCUT2D eigenvalue weighted by Crippen LogP contribution is 2.25. The highest BCUT2D eigenvalue weighted by molar-refractivity contribution is 5.78. The summed E-state index contributed by atoms with van der Waals surface area (Å²) in [5.41, 5.74) is 2.17. The van der Waals surface area contributed by atoms with Crippen LogP contribution in [0, 0.1) is 5.82 Å². The van der Waals surface area contributed by atoms with Crippen molar-refractivity contribution in [1.82, 2.24) is 25.1 Å². The van der Waals surface area contributed by atoms with Crippen LogP contribution in [0.25, 0.3) is 22.6 Å². The van der Waals surface area contributed by atoms with Crippen LogP contribution in [0.15, 0.2) is 54.6 Å². The van der Waals surface area contributed by atoms with Gasteiger partial charge in [-0.2, -0.15) is 9.97 Å². The van der Waals surface area contributed by atoms with Crippen molar-refractivity contribution in [3.05, 3.63) is 60.4 Å². The van der Waals surface area contributed by atoms with Gasteiger partial charge in [0, 0.05) is 11.3 Å². The van der Waals surface area contributed by atoms with Gasteiger partial charge in [0.1, 0.15) is 5.82 Å². The van der Waals surface area contributed by atoms with E-state index in [1.54, 1.807) is 12.1 Å². The fourth-order valence-electron chi connectivity index (χ4n) is 2.48. The molecule has 0 fully saturated rings. The normalized spacial score (nSPS) is 10.7. The molecule has 0 saturated carbocycles. The second kappa shape index (κ2) is 7.28. The SMILES string of the molecule is CCOc1nc(Nc2ccccc2)nc2nnc(-c3ccc(F)cc3)nc12. The highest BCUT2D eigenvalue weighted by Gasteiger charge is 2.14. The van der Waals surface area contributed by atoms with Crippen molar-refractivity contribution in [2.24, 2.45) is 0 Å². The standard InChI is InChI=1S/C19H15FN6O/c1-2-27-18-15-17(23-19(24-18)21-14-6-4-3-5-7-14)26-25-16(22-15)12-8-10-13(20)11-9-12/h3-11H,2H2,1H3,(H,21,23,24,26). The second-order valence-corrected chi connectivity index (χ2v) is 5.59. The summed E-state index contributed by atoms with van der Waals surface area (Å²) in [7, 11) is 0. The van der Waals surface area contributed by atoms with Crippen LogP contribution in [0.3, 0.4) is 0 Å². The van der Waals surface area contributed by atoms with Crippen LogP contribution in [0.1, 0.15) is 6.92 Å². The van der Waals surface area contributed by atoms with Gasteiger partial charge < -0.3 is 10.1 Å². The van der Waals surface area contributed by atoms with Gasteiger partial charge in [-0.3, -0.25) is 0 Å². The van der Waals surface area contributed by atoms with Crippen molar-refractivity contribution in [3.63, 3.8) is 0 Å². The van der Waals surface area contributed by atoms with Gasteiger partial charge in [-0.15, -0.1) is 10.2 Å². The van der Waals surface area contributed by atoms with Crippen LogP contribution in [-0.2, 0) is 0 Å². The Labute approximate surface area is 154 Å². The Bertz CT molecular complexity index is 1070. The Morgan fingerprint density at radius 1 is 0.926 bits per heavy atom. The lowest BCUT2D eigenvalue weighted by atomic mass is 10.2. The smallest absolute Gasteiger partial charge is 0.247 e. The summed E-state index contributed by atoms with van der Waals surface area (Å²) in [5.74, 6) is 0.653. The lowest BCUT2D eigenvalue weighted by Crippen LogP contribution is -2.05. The van der Waals surface area contributed by atoms with Crippen LogP contribution < -0.4 is 10.1 Å². The van der Waals surface area contributed by atoms with E-state index in [-0.39, 0.29) is 5.82 Å². The summed E-state index contributed by atoms with van der Waals surface area (Å²) in [6.07, 6.45) is 0. The number of nitrogens with zero attached hydrogens (tertiary/aromatic N) is 5. The molecule has 2 heterocycles. The maximum Gasteiger partial charge on any atom is 0.247 e. The first-order valence-electron chi connectivity index (χ1n) is 8.36. The molecule has 4 rings (SSSR count). The van der Waals surface area contributed by atoms with Crippen LogP contribution in [0.2, 0.25) is 0 Å². The zero-order valence-corrected chi connectivity index (χ0v) is 14.4. The predicted octanol–water partition coefficient (Wildman–Crippen LogP) is 3.76. The molecule has 0 aliphatic rings. The molecule has 2 aromatic heterocycles.